The van der Waals surface area contributed by atoms with Gasteiger partial charge in [-0.1, -0.05) is 273 Å². The SMILES string of the molecule is BrCC1CCC1.O=C(/C=C/c1ccccc1)N1C(=O)OC[C@@H]1c1ccccc1.O=C(C[C@H](CC1CCC1)c1ccccc1)N1C(=O)OC[C@@H]1c1ccccc1.O=C(O)/C=C/c1ccccc1.O=C(O)C[C@H](CC1CCC1)c1ccccc1.O=C1N[C@@H](c2ccccc2)CO1. The van der Waals surface area contributed by atoms with E-state index in [0.717, 1.165) is 63.5 Å². The summed E-state index contributed by atoms with van der Waals surface area (Å²) in [6.07, 6.45) is 19.0. The summed E-state index contributed by atoms with van der Waals surface area (Å²) >= 11 is 3.43. The monoisotopic (exact) mass is 1330 g/mol. The quantitative estimate of drug-likeness (QED) is 0.0417. The molecule has 0 spiro atoms. The van der Waals surface area contributed by atoms with E-state index >= 15 is 0 Å². The predicted octanol–water partition coefficient (Wildman–Crippen LogP) is 17.4. The number of nitrogens with one attached hydrogen (secondary N) is 1. The molecule has 16 heteroatoms. The van der Waals surface area contributed by atoms with Crippen LogP contribution < -0.4 is 5.32 Å². The minimum absolute atomic E-state index is 0.0266. The number of alkyl halides is 1. The van der Waals surface area contributed by atoms with Gasteiger partial charge in [0.1, 0.15) is 31.9 Å². The molecule has 3 saturated carbocycles. The van der Waals surface area contributed by atoms with E-state index in [9.17, 15) is 33.6 Å². The van der Waals surface area contributed by atoms with Crippen molar-refractivity contribution in [3.05, 3.63) is 263 Å². The first-order valence-electron chi connectivity index (χ1n) is 32.4. The number of imide groups is 2. The molecule has 490 valence electrons. The van der Waals surface area contributed by atoms with Gasteiger partial charge in [0.2, 0.25) is 5.91 Å². The number of carboxylic acid groups (broad SMARTS) is 2. The molecule has 0 aromatic heterocycles. The molecule has 7 aromatic rings. The van der Waals surface area contributed by atoms with Crippen molar-refractivity contribution in [2.75, 3.05) is 25.2 Å². The number of carboxylic acids is 2. The van der Waals surface area contributed by atoms with E-state index in [1.165, 1.54) is 85.2 Å². The number of rotatable bonds is 18. The molecule has 3 heterocycles. The molecule has 0 unspecified atom stereocenters. The van der Waals surface area contributed by atoms with E-state index < -0.39 is 24.1 Å². The number of amides is 5. The van der Waals surface area contributed by atoms with Crippen molar-refractivity contribution in [1.29, 1.82) is 0 Å². The maximum absolute atomic E-state index is 13.1. The topological polar surface area (TPSA) is 206 Å². The highest BCUT2D eigenvalue weighted by Gasteiger charge is 2.41. The zero-order chi connectivity index (χ0) is 66.3. The highest BCUT2D eigenvalue weighted by atomic mass is 79.9. The normalized spacial score (nSPS) is 18.6. The number of halogens is 1. The van der Waals surface area contributed by atoms with E-state index in [0.29, 0.717) is 18.9 Å². The van der Waals surface area contributed by atoms with E-state index in [4.69, 9.17) is 24.4 Å². The fourth-order valence-corrected chi connectivity index (χ4v) is 12.2. The van der Waals surface area contributed by atoms with Gasteiger partial charge in [-0.3, -0.25) is 14.4 Å². The van der Waals surface area contributed by atoms with Gasteiger partial charge in [-0.2, -0.15) is 0 Å². The summed E-state index contributed by atoms with van der Waals surface area (Å²) in [5, 5.41) is 21.2. The minimum atomic E-state index is -0.922. The second-order valence-electron chi connectivity index (χ2n) is 24.0. The lowest BCUT2D eigenvalue weighted by atomic mass is 9.76. The van der Waals surface area contributed by atoms with Crippen molar-refractivity contribution in [2.24, 2.45) is 17.8 Å². The van der Waals surface area contributed by atoms with Gasteiger partial charge in [0, 0.05) is 23.9 Å². The number of cyclic esters (lactones) is 3. The maximum atomic E-state index is 13.1. The Balaban J connectivity index is 0.000000152. The summed E-state index contributed by atoms with van der Waals surface area (Å²) in [4.78, 5) is 83.8. The van der Waals surface area contributed by atoms with Crippen LogP contribution in [0.4, 0.5) is 14.4 Å². The number of aliphatic carboxylic acids is 2. The number of benzene rings is 7. The lowest BCUT2D eigenvalue weighted by Crippen LogP contribution is -2.35. The van der Waals surface area contributed by atoms with Crippen molar-refractivity contribution in [1.82, 2.24) is 15.1 Å². The van der Waals surface area contributed by atoms with Crippen molar-refractivity contribution < 1.29 is 58.0 Å². The Morgan fingerprint density at radius 2 is 0.851 bits per heavy atom. The summed E-state index contributed by atoms with van der Waals surface area (Å²) < 4.78 is 15.0. The molecular weight excluding hydrogens is 1250 g/mol. The zero-order valence-corrected chi connectivity index (χ0v) is 54.5. The molecule has 3 N–H and O–H groups in total. The van der Waals surface area contributed by atoms with Gasteiger partial charge >= 0.3 is 30.2 Å². The van der Waals surface area contributed by atoms with Crippen LogP contribution in [0.1, 0.15) is 152 Å². The van der Waals surface area contributed by atoms with Gasteiger partial charge in [-0.15, -0.1) is 0 Å². The van der Waals surface area contributed by atoms with Crippen LogP contribution in [-0.4, -0.2) is 87.2 Å². The molecule has 13 rings (SSSR count). The average Bonchev–Trinajstić information content (AvgIpc) is 1.69. The van der Waals surface area contributed by atoms with Crippen LogP contribution in [0.25, 0.3) is 12.2 Å². The second-order valence-corrected chi connectivity index (χ2v) is 24.7. The molecule has 6 aliphatic rings. The van der Waals surface area contributed by atoms with E-state index in [1.807, 2.05) is 200 Å². The summed E-state index contributed by atoms with van der Waals surface area (Å²) in [6, 6.07) is 67.2. The number of ether oxygens (including phenoxy) is 3. The molecular formula is C78H84BrN3O12. The Morgan fingerprint density at radius 3 is 1.22 bits per heavy atom. The van der Waals surface area contributed by atoms with Crippen LogP contribution >= 0.6 is 15.9 Å². The second kappa shape index (κ2) is 37.9. The third-order valence-electron chi connectivity index (χ3n) is 17.4. The fraction of sp³-hybridized carbons (Fsp3) is 0.321. The van der Waals surface area contributed by atoms with Gasteiger partial charge in [0.25, 0.3) is 5.91 Å². The highest BCUT2D eigenvalue weighted by Crippen LogP contribution is 2.40. The molecule has 0 bridgehead atoms. The minimum Gasteiger partial charge on any atom is -0.481 e. The van der Waals surface area contributed by atoms with Crippen LogP contribution in [0.15, 0.2) is 224 Å². The molecule has 5 amide bonds. The van der Waals surface area contributed by atoms with Gasteiger partial charge in [0.15, 0.2) is 0 Å². The van der Waals surface area contributed by atoms with Crippen LogP contribution in [0, 0.1) is 17.8 Å². The molecule has 3 saturated heterocycles. The van der Waals surface area contributed by atoms with E-state index in [-0.39, 0.29) is 67.5 Å². The number of alkyl carbamates (subject to hydrolysis) is 1. The molecule has 7 aromatic carbocycles. The summed E-state index contributed by atoms with van der Waals surface area (Å²) in [6.45, 7) is 0.851. The average molecular weight is 1340 g/mol. The van der Waals surface area contributed by atoms with Gasteiger partial charge in [-0.25, -0.2) is 29.0 Å². The first-order valence-corrected chi connectivity index (χ1v) is 33.6. The van der Waals surface area contributed by atoms with Crippen molar-refractivity contribution in [2.45, 2.75) is 113 Å². The maximum Gasteiger partial charge on any atom is 0.417 e. The van der Waals surface area contributed by atoms with Crippen LogP contribution in [0.2, 0.25) is 0 Å². The summed E-state index contributed by atoms with van der Waals surface area (Å²) in [5.74, 6) is 0.701. The van der Waals surface area contributed by atoms with Gasteiger partial charge in [-0.05, 0) is 106 Å². The van der Waals surface area contributed by atoms with Gasteiger partial charge < -0.3 is 29.7 Å². The van der Waals surface area contributed by atoms with E-state index in [1.54, 1.807) is 12.2 Å². The van der Waals surface area contributed by atoms with Crippen LogP contribution in [0.5, 0.6) is 0 Å². The standard InChI is InChI=1S/C23H25NO3.C18H15NO3.C14H18O2.C9H9NO2.C9H8O2.C5H9Br/c25-22(24-21(16-27-23(24)26)19-12-5-2-6-13-19)15-20(14-17-8-7-9-17)18-10-3-1-4-11-18;20-17(12-11-14-7-3-1-4-8-14)19-16(13-22-18(19)21)15-9-5-2-6-10-15;15-14(16)10-13(9-11-5-4-6-11)12-7-2-1-3-8-12;11-9-10-8(6-12-9)7-4-2-1-3-5-7;10-9(11)7-6-8-4-2-1-3-5-8;6-4-5-2-1-3-5/h1-6,10-13,17,20-21H,7-9,14-16H2;1-12,16H,13H2;1-3,7-8,11,13H,4-6,9-10H2,(H,15,16);1-5,8H,6H2,(H,10,11);1-7H,(H,10,11);5H,1-4H2/b;12-11+;;;7-6+;/t20-,21+;16-;13-;8-;;/m0101../s1. The van der Waals surface area contributed by atoms with Crippen LogP contribution in [0.3, 0.4) is 0 Å². The largest absolute Gasteiger partial charge is 0.481 e. The number of carbonyl (C=O) groups excluding carboxylic acids is 5. The number of hydrogen-bond donors (Lipinski definition) is 3. The molecule has 3 aliphatic carbocycles. The molecule has 0 radical (unpaired) electrons. The number of hydrogen-bond acceptors (Lipinski definition) is 10. The fourth-order valence-electron chi connectivity index (χ4n) is 11.6. The number of nitrogens with zero attached hydrogens (tertiary/aromatic N) is 2. The Kier molecular flexibility index (Phi) is 28.4. The van der Waals surface area contributed by atoms with E-state index in [2.05, 4.69) is 33.4 Å². The molecule has 6 fully saturated rings. The van der Waals surface area contributed by atoms with Crippen molar-refractivity contribution in [3.8, 4) is 0 Å². The van der Waals surface area contributed by atoms with Crippen LogP contribution in [-0.2, 0) is 33.4 Å². The summed E-state index contributed by atoms with van der Waals surface area (Å²) in [5.41, 5.74) is 7.07. The van der Waals surface area contributed by atoms with Crippen molar-refractivity contribution in [3.63, 3.8) is 0 Å². The smallest absolute Gasteiger partial charge is 0.417 e. The Morgan fingerprint density at radius 1 is 0.468 bits per heavy atom. The molecule has 15 nitrogen and oxygen atoms in total. The number of carbonyl (C=O) groups is 7. The Hall–Kier alpha value is -9.41. The lowest BCUT2D eigenvalue weighted by molar-refractivity contribution is -0.137. The summed E-state index contributed by atoms with van der Waals surface area (Å²) in [7, 11) is 0. The molecule has 5 atom stereocenters. The highest BCUT2D eigenvalue weighted by molar-refractivity contribution is 9.09. The third-order valence-corrected chi connectivity index (χ3v) is 18.4. The molecule has 3 aliphatic heterocycles. The third kappa shape index (κ3) is 22.7. The predicted molar refractivity (Wildman–Crippen MR) is 367 cm³/mol. The molecule has 94 heavy (non-hydrogen) atoms. The lowest BCUT2D eigenvalue weighted by Gasteiger charge is -2.30. The van der Waals surface area contributed by atoms with Gasteiger partial charge in [0.05, 0.1) is 12.5 Å². The zero-order valence-electron chi connectivity index (χ0n) is 52.9. The van der Waals surface area contributed by atoms with Crippen molar-refractivity contribution >= 4 is 70.1 Å². The Labute approximate surface area is 560 Å². The Bertz CT molecular complexity index is 3520. The first-order chi connectivity index (χ1) is 45.8. The first kappa shape index (κ1) is 70.5.